The minimum atomic E-state index is -0.0556. The summed E-state index contributed by atoms with van der Waals surface area (Å²) in [6.07, 6.45) is 1.27. The number of rotatable bonds is 2. The molecule has 7 heavy (non-hydrogen) atoms. The highest BCUT2D eigenvalue weighted by molar-refractivity contribution is 5.60. The van der Waals surface area contributed by atoms with Crippen LogP contribution in [0.15, 0.2) is 0 Å². The molecule has 2 heteroatoms. The molecule has 0 aliphatic heterocycles. The van der Waals surface area contributed by atoms with Gasteiger partial charge in [-0.1, -0.05) is 13.8 Å². The Kier molecular flexibility index (Phi) is 2.60. The van der Waals surface area contributed by atoms with Crippen LogP contribution >= 0.6 is 0 Å². The Morgan fingerprint density at radius 3 is 2.00 bits per heavy atom. The molecule has 1 atom stereocenters. The molecule has 0 rings (SSSR count). The van der Waals surface area contributed by atoms with Gasteiger partial charge in [0, 0.05) is 12.3 Å². The van der Waals surface area contributed by atoms with Crippen molar-refractivity contribution >= 4 is 6.21 Å². The molecule has 0 heterocycles. The minimum Gasteiger partial charge on any atom is -0.323 e. The number of nitrogens with two attached hydrogens (primary N) is 1. The van der Waals surface area contributed by atoms with E-state index in [9.17, 15) is 0 Å². The van der Waals surface area contributed by atoms with Crippen LogP contribution in [0.5, 0.6) is 0 Å². The molecule has 0 fully saturated rings. The predicted molar refractivity (Wildman–Crippen MR) is 31.6 cm³/mol. The maximum Gasteiger partial charge on any atom is 0.0415 e. The first-order valence-electron chi connectivity index (χ1n) is 2.44. The van der Waals surface area contributed by atoms with Crippen LogP contribution in [0.3, 0.4) is 0 Å². The monoisotopic (exact) mass is 100 g/mol. The van der Waals surface area contributed by atoms with Gasteiger partial charge in [-0.15, -0.1) is 0 Å². The SMILES string of the molecule is CC(C)C(N)C=N. The van der Waals surface area contributed by atoms with Crippen molar-refractivity contribution < 1.29 is 0 Å². The molecule has 0 aliphatic rings. The molecule has 3 N–H and O–H groups in total. The second kappa shape index (κ2) is 2.75. The molecule has 0 aromatic rings. The van der Waals surface area contributed by atoms with E-state index in [0.29, 0.717) is 5.92 Å². The van der Waals surface area contributed by atoms with Crippen molar-refractivity contribution in [3.05, 3.63) is 0 Å². The highest BCUT2D eigenvalue weighted by atomic mass is 14.6. The molecular weight excluding hydrogens is 88.1 g/mol. The van der Waals surface area contributed by atoms with Crippen molar-refractivity contribution in [3.8, 4) is 0 Å². The largest absolute Gasteiger partial charge is 0.323 e. The van der Waals surface area contributed by atoms with Gasteiger partial charge in [0.15, 0.2) is 0 Å². The van der Waals surface area contributed by atoms with Gasteiger partial charge in [0.25, 0.3) is 0 Å². The third-order valence-corrected chi connectivity index (χ3v) is 0.962. The van der Waals surface area contributed by atoms with Crippen LogP contribution < -0.4 is 5.73 Å². The highest BCUT2D eigenvalue weighted by Crippen LogP contribution is 1.92. The quantitative estimate of drug-likeness (QED) is 0.491. The maximum absolute atomic E-state index is 6.69. The van der Waals surface area contributed by atoms with Gasteiger partial charge in [0.2, 0.25) is 0 Å². The van der Waals surface area contributed by atoms with Crippen molar-refractivity contribution in [2.75, 3.05) is 0 Å². The van der Waals surface area contributed by atoms with Gasteiger partial charge < -0.3 is 11.1 Å². The lowest BCUT2D eigenvalue weighted by Gasteiger charge is -2.06. The van der Waals surface area contributed by atoms with Crippen LogP contribution in [-0.2, 0) is 0 Å². The van der Waals surface area contributed by atoms with Gasteiger partial charge in [0.1, 0.15) is 0 Å². The molecule has 0 aromatic carbocycles. The van der Waals surface area contributed by atoms with E-state index in [1.165, 1.54) is 6.21 Å². The van der Waals surface area contributed by atoms with Gasteiger partial charge in [-0.05, 0) is 5.92 Å². The average Bonchev–Trinajstić information content (AvgIpc) is 1.65. The summed E-state index contributed by atoms with van der Waals surface area (Å²) in [6, 6.07) is -0.0556. The third kappa shape index (κ3) is 2.34. The Hall–Kier alpha value is -0.370. The molecular formula is C5H12N2. The van der Waals surface area contributed by atoms with Gasteiger partial charge in [-0.3, -0.25) is 0 Å². The summed E-state index contributed by atoms with van der Waals surface area (Å²) >= 11 is 0. The molecule has 0 saturated carbocycles. The lowest BCUT2D eigenvalue weighted by molar-refractivity contribution is 0.601. The Bertz CT molecular complexity index is 59.1. The topological polar surface area (TPSA) is 49.9 Å². The summed E-state index contributed by atoms with van der Waals surface area (Å²) in [7, 11) is 0. The fraction of sp³-hybridized carbons (Fsp3) is 0.800. The van der Waals surface area contributed by atoms with E-state index < -0.39 is 0 Å². The van der Waals surface area contributed by atoms with Crippen LogP contribution in [0.25, 0.3) is 0 Å². The van der Waals surface area contributed by atoms with Crippen molar-refractivity contribution in [3.63, 3.8) is 0 Å². The summed E-state index contributed by atoms with van der Waals surface area (Å²) in [5, 5.41) is 6.69. The first-order chi connectivity index (χ1) is 3.18. The molecule has 0 radical (unpaired) electrons. The predicted octanol–water partition coefficient (Wildman–Crippen LogP) is 0.619. The summed E-state index contributed by atoms with van der Waals surface area (Å²) < 4.78 is 0. The summed E-state index contributed by atoms with van der Waals surface area (Å²) in [5.41, 5.74) is 5.37. The summed E-state index contributed by atoms with van der Waals surface area (Å²) in [4.78, 5) is 0. The van der Waals surface area contributed by atoms with Crippen molar-refractivity contribution in [1.29, 1.82) is 5.41 Å². The Labute approximate surface area is 44.2 Å². The van der Waals surface area contributed by atoms with Crippen LogP contribution in [0, 0.1) is 11.3 Å². The molecule has 0 spiro atoms. The van der Waals surface area contributed by atoms with E-state index in [1.807, 2.05) is 13.8 Å². The Morgan fingerprint density at radius 2 is 2.00 bits per heavy atom. The fourth-order valence-corrected chi connectivity index (χ4v) is 0.192. The van der Waals surface area contributed by atoms with Crippen molar-refractivity contribution in [1.82, 2.24) is 0 Å². The molecule has 0 aromatic heterocycles. The Morgan fingerprint density at radius 1 is 1.57 bits per heavy atom. The molecule has 0 amide bonds. The second-order valence-corrected chi connectivity index (χ2v) is 1.99. The van der Waals surface area contributed by atoms with E-state index in [-0.39, 0.29) is 6.04 Å². The van der Waals surface area contributed by atoms with Crippen LogP contribution in [0.4, 0.5) is 0 Å². The summed E-state index contributed by atoms with van der Waals surface area (Å²) in [6.45, 7) is 3.99. The van der Waals surface area contributed by atoms with Gasteiger partial charge in [0.05, 0.1) is 0 Å². The van der Waals surface area contributed by atoms with Gasteiger partial charge in [-0.25, -0.2) is 0 Å². The van der Waals surface area contributed by atoms with E-state index >= 15 is 0 Å². The zero-order valence-electron chi connectivity index (χ0n) is 4.81. The fourth-order valence-electron chi connectivity index (χ4n) is 0.192. The minimum absolute atomic E-state index is 0.0556. The van der Waals surface area contributed by atoms with Gasteiger partial charge >= 0.3 is 0 Å². The van der Waals surface area contributed by atoms with E-state index in [0.717, 1.165) is 0 Å². The van der Waals surface area contributed by atoms with Crippen molar-refractivity contribution in [2.24, 2.45) is 11.7 Å². The summed E-state index contributed by atoms with van der Waals surface area (Å²) in [5.74, 6) is 0.400. The highest BCUT2D eigenvalue weighted by Gasteiger charge is 2.00. The standard InChI is InChI=1S/C5H12N2/c1-4(2)5(7)3-6/h3-6H,7H2,1-2H3. The van der Waals surface area contributed by atoms with Crippen LogP contribution in [0.1, 0.15) is 13.8 Å². The zero-order chi connectivity index (χ0) is 5.86. The third-order valence-electron chi connectivity index (χ3n) is 0.962. The molecule has 2 nitrogen and oxygen atoms in total. The molecule has 0 aliphatic carbocycles. The zero-order valence-corrected chi connectivity index (χ0v) is 4.81. The number of nitrogens with one attached hydrogen (secondary N) is 1. The van der Waals surface area contributed by atoms with Gasteiger partial charge in [-0.2, -0.15) is 0 Å². The second-order valence-electron chi connectivity index (χ2n) is 1.99. The lowest BCUT2D eigenvalue weighted by Crippen LogP contribution is -2.27. The lowest BCUT2D eigenvalue weighted by atomic mass is 10.1. The molecule has 42 valence electrons. The van der Waals surface area contributed by atoms with Crippen LogP contribution in [-0.4, -0.2) is 12.3 Å². The number of hydrogen-bond acceptors (Lipinski definition) is 2. The van der Waals surface area contributed by atoms with Crippen molar-refractivity contribution in [2.45, 2.75) is 19.9 Å². The maximum atomic E-state index is 6.69. The van der Waals surface area contributed by atoms with E-state index in [4.69, 9.17) is 11.1 Å². The van der Waals surface area contributed by atoms with Crippen LogP contribution in [0.2, 0.25) is 0 Å². The first-order valence-corrected chi connectivity index (χ1v) is 2.44. The normalized spacial score (nSPS) is 14.3. The molecule has 0 saturated heterocycles. The average molecular weight is 100 g/mol. The number of hydrogen-bond donors (Lipinski definition) is 2. The molecule has 1 unspecified atom stereocenters. The first kappa shape index (κ1) is 6.63. The van der Waals surface area contributed by atoms with E-state index in [2.05, 4.69) is 0 Å². The Balaban J connectivity index is 3.33. The molecule has 0 bridgehead atoms. The smallest absolute Gasteiger partial charge is 0.0415 e. The van der Waals surface area contributed by atoms with E-state index in [1.54, 1.807) is 0 Å².